The second-order valence-corrected chi connectivity index (χ2v) is 12.5. The molecule has 0 fully saturated rings. The number of hydrogen-bond donors (Lipinski definition) is 0. The van der Waals surface area contributed by atoms with Crippen LogP contribution in [0.4, 0.5) is 17.1 Å². The van der Waals surface area contributed by atoms with Crippen molar-refractivity contribution in [1.29, 1.82) is 5.26 Å². The Balaban J connectivity index is 1.19. The third-order valence-corrected chi connectivity index (χ3v) is 10.3. The molecule has 9 rings (SSSR count). The van der Waals surface area contributed by atoms with Gasteiger partial charge in [0.05, 0.1) is 24.0 Å². The van der Waals surface area contributed by atoms with E-state index in [1.54, 1.807) is 11.3 Å². The molecular formula is C42H23N3S. The third-order valence-electron chi connectivity index (χ3n) is 9.10. The van der Waals surface area contributed by atoms with Crippen molar-refractivity contribution in [2.24, 2.45) is 0 Å². The standard InChI is InChI=1S/C42H23N3S/c1-44-36(25-43)41-31-14-6-5-12-28(31)35-24-26(18-19-34(35)41)39-22-23-40(46-39)30-20-21-33-29-13-7-8-16-37(29)45(27-10-3-2-4-11-27)38-17-9-15-32(30)42(33)38/h2-24H/b41-36-. The smallest absolute Gasteiger partial charge is 0.270 e. The van der Waals surface area contributed by atoms with Crippen molar-refractivity contribution >= 4 is 44.7 Å². The Morgan fingerprint density at radius 3 is 2.09 bits per heavy atom. The van der Waals surface area contributed by atoms with Gasteiger partial charge in [0.2, 0.25) is 0 Å². The van der Waals surface area contributed by atoms with Crippen LogP contribution in [0, 0.1) is 17.9 Å². The summed E-state index contributed by atoms with van der Waals surface area (Å²) >= 11 is 1.79. The van der Waals surface area contributed by atoms with Crippen LogP contribution in [0.25, 0.3) is 64.3 Å². The first-order valence-corrected chi connectivity index (χ1v) is 15.9. The van der Waals surface area contributed by atoms with Crippen molar-refractivity contribution in [3.63, 3.8) is 0 Å². The van der Waals surface area contributed by atoms with Gasteiger partial charge in [0.15, 0.2) is 0 Å². The second kappa shape index (κ2) is 10.2. The molecule has 0 unspecified atom stereocenters. The molecule has 0 amide bonds. The normalized spacial score (nSPS) is 13.4. The van der Waals surface area contributed by atoms with Crippen LogP contribution in [-0.2, 0) is 0 Å². The lowest BCUT2D eigenvalue weighted by molar-refractivity contribution is 1.28. The van der Waals surface area contributed by atoms with E-state index in [2.05, 4.69) is 137 Å². The second-order valence-electron chi connectivity index (χ2n) is 11.5. The van der Waals surface area contributed by atoms with Crippen LogP contribution in [-0.4, -0.2) is 0 Å². The molecule has 0 radical (unpaired) electrons. The lowest BCUT2D eigenvalue weighted by Crippen LogP contribution is -2.14. The van der Waals surface area contributed by atoms with Gasteiger partial charge < -0.3 is 4.90 Å². The van der Waals surface area contributed by atoms with Crippen LogP contribution in [0.15, 0.2) is 145 Å². The van der Waals surface area contributed by atoms with Crippen molar-refractivity contribution < 1.29 is 0 Å². The Labute approximate surface area is 271 Å². The molecule has 2 heterocycles. The van der Waals surface area contributed by atoms with E-state index < -0.39 is 0 Å². The van der Waals surface area contributed by atoms with Gasteiger partial charge in [-0.3, -0.25) is 0 Å². The predicted molar refractivity (Wildman–Crippen MR) is 190 cm³/mol. The summed E-state index contributed by atoms with van der Waals surface area (Å²) in [6.45, 7) is 7.60. The van der Waals surface area contributed by atoms with Gasteiger partial charge in [0.25, 0.3) is 5.70 Å². The summed E-state index contributed by atoms with van der Waals surface area (Å²) in [6.07, 6.45) is 0. The number of fused-ring (bicyclic) bond motifs is 5. The predicted octanol–water partition coefficient (Wildman–Crippen LogP) is 11.9. The van der Waals surface area contributed by atoms with Gasteiger partial charge in [0.1, 0.15) is 0 Å². The van der Waals surface area contributed by atoms with E-state index in [1.165, 1.54) is 48.6 Å². The van der Waals surface area contributed by atoms with Crippen LogP contribution >= 0.6 is 11.3 Å². The zero-order valence-corrected chi connectivity index (χ0v) is 25.3. The summed E-state index contributed by atoms with van der Waals surface area (Å²) in [7, 11) is 0. The monoisotopic (exact) mass is 601 g/mol. The number of thiophene rings is 1. The quantitative estimate of drug-likeness (QED) is 0.149. The maximum atomic E-state index is 9.71. The Morgan fingerprint density at radius 2 is 1.26 bits per heavy atom. The molecule has 1 aliphatic heterocycles. The van der Waals surface area contributed by atoms with Gasteiger partial charge in [-0.1, -0.05) is 97.1 Å². The molecule has 1 aromatic heterocycles. The molecule has 1 aliphatic carbocycles. The molecule has 2 aliphatic rings. The van der Waals surface area contributed by atoms with Crippen molar-refractivity contribution in [2.75, 3.05) is 4.90 Å². The van der Waals surface area contributed by atoms with Crippen molar-refractivity contribution in [3.05, 3.63) is 168 Å². The van der Waals surface area contributed by atoms with Crippen LogP contribution in [0.2, 0.25) is 0 Å². The molecule has 212 valence electrons. The number of allylic oxidation sites excluding steroid dienone is 1. The fourth-order valence-corrected chi connectivity index (χ4v) is 8.19. The maximum absolute atomic E-state index is 9.71. The number of benzene rings is 6. The zero-order valence-electron chi connectivity index (χ0n) is 24.5. The van der Waals surface area contributed by atoms with Gasteiger partial charge in [-0.25, -0.2) is 10.1 Å². The van der Waals surface area contributed by atoms with Crippen molar-refractivity contribution in [1.82, 2.24) is 0 Å². The minimum Gasteiger partial charge on any atom is -0.309 e. The van der Waals surface area contributed by atoms with E-state index in [-0.39, 0.29) is 5.70 Å². The van der Waals surface area contributed by atoms with Gasteiger partial charge in [0, 0.05) is 32.0 Å². The number of rotatable bonds is 3. The first kappa shape index (κ1) is 26.2. The summed E-state index contributed by atoms with van der Waals surface area (Å²) in [5.74, 6) is 0. The van der Waals surface area contributed by atoms with Crippen LogP contribution in [0.5, 0.6) is 0 Å². The molecule has 0 bridgehead atoms. The highest BCUT2D eigenvalue weighted by molar-refractivity contribution is 7.18. The largest absolute Gasteiger partial charge is 0.309 e. The molecule has 7 aromatic rings. The van der Waals surface area contributed by atoms with E-state index in [9.17, 15) is 5.26 Å². The highest BCUT2D eigenvalue weighted by Crippen LogP contribution is 2.53. The average Bonchev–Trinajstić information content (AvgIpc) is 3.73. The molecule has 0 saturated carbocycles. The Bertz CT molecular complexity index is 2490. The molecule has 6 aromatic carbocycles. The molecule has 0 atom stereocenters. The molecule has 4 heteroatoms. The van der Waals surface area contributed by atoms with Gasteiger partial charge in [-0.2, -0.15) is 0 Å². The van der Waals surface area contributed by atoms with Crippen LogP contribution in [0.3, 0.4) is 0 Å². The highest BCUT2D eigenvalue weighted by atomic mass is 32.1. The topological polar surface area (TPSA) is 31.4 Å². The Hall–Kier alpha value is -6.20. The lowest BCUT2D eigenvalue weighted by atomic mass is 9.88. The molecule has 0 N–H and O–H groups in total. The summed E-state index contributed by atoms with van der Waals surface area (Å²) in [5.41, 5.74) is 13.2. The fraction of sp³-hybridized carbons (Fsp3) is 0. The van der Waals surface area contributed by atoms with Gasteiger partial charge in [-0.05, 0) is 86.8 Å². The number of para-hydroxylation sites is 2. The highest BCUT2D eigenvalue weighted by Gasteiger charge is 2.28. The average molecular weight is 602 g/mol. The third kappa shape index (κ3) is 3.75. The van der Waals surface area contributed by atoms with E-state index >= 15 is 0 Å². The Kier molecular flexibility index (Phi) is 5.80. The fourth-order valence-electron chi connectivity index (χ4n) is 7.14. The minimum atomic E-state index is 0.133. The van der Waals surface area contributed by atoms with E-state index in [1.807, 2.05) is 18.2 Å². The van der Waals surface area contributed by atoms with Gasteiger partial charge >= 0.3 is 0 Å². The summed E-state index contributed by atoms with van der Waals surface area (Å²) in [5, 5.41) is 12.2. The number of nitrogens with zero attached hydrogens (tertiary/aromatic N) is 3. The SMILES string of the molecule is [C-]#[N+]/C(C#N)=C1/c2ccccc2-c2cc(-c3ccc(-c4ccc5c6c(cccc46)N(c4ccccc4)c4ccccc4-5)s3)ccc21. The van der Waals surface area contributed by atoms with Crippen molar-refractivity contribution in [2.45, 2.75) is 0 Å². The van der Waals surface area contributed by atoms with Crippen LogP contribution < -0.4 is 4.90 Å². The first-order valence-electron chi connectivity index (χ1n) is 15.1. The molecule has 3 nitrogen and oxygen atoms in total. The molecular weight excluding hydrogens is 579 g/mol. The number of hydrogen-bond acceptors (Lipinski definition) is 3. The van der Waals surface area contributed by atoms with E-state index in [4.69, 9.17) is 6.57 Å². The first-order chi connectivity index (χ1) is 22.7. The van der Waals surface area contributed by atoms with Crippen LogP contribution in [0.1, 0.15) is 11.1 Å². The maximum Gasteiger partial charge on any atom is 0.270 e. The number of anilines is 3. The lowest BCUT2D eigenvalue weighted by Gasteiger charge is -2.33. The molecule has 0 spiro atoms. The summed E-state index contributed by atoms with van der Waals surface area (Å²) < 4.78 is 0. The number of nitriles is 1. The zero-order chi connectivity index (χ0) is 30.8. The summed E-state index contributed by atoms with van der Waals surface area (Å²) in [4.78, 5) is 8.32. The van der Waals surface area contributed by atoms with E-state index in [0.29, 0.717) is 0 Å². The minimum absolute atomic E-state index is 0.133. The van der Waals surface area contributed by atoms with E-state index in [0.717, 1.165) is 39.1 Å². The van der Waals surface area contributed by atoms with Crippen molar-refractivity contribution in [3.8, 4) is 49.2 Å². The van der Waals surface area contributed by atoms with Gasteiger partial charge in [-0.15, -0.1) is 11.3 Å². The molecule has 46 heavy (non-hydrogen) atoms. The molecule has 0 saturated heterocycles. The Morgan fingerprint density at radius 1 is 0.587 bits per heavy atom. The summed E-state index contributed by atoms with van der Waals surface area (Å²) in [6, 6.07) is 51.5.